The van der Waals surface area contributed by atoms with Crippen LogP contribution in [-0.4, -0.2) is 30.2 Å². The van der Waals surface area contributed by atoms with Crippen molar-refractivity contribution < 1.29 is 9.90 Å². The Kier molecular flexibility index (Phi) is 6.31. The van der Waals surface area contributed by atoms with Crippen LogP contribution in [0.15, 0.2) is 18.2 Å². The molecule has 1 aromatic carbocycles. The molecule has 0 heterocycles. The minimum atomic E-state index is -0.428. The second kappa shape index (κ2) is 7.75. The first-order valence-electron chi connectivity index (χ1n) is 7.03. The van der Waals surface area contributed by atoms with E-state index in [-0.39, 0.29) is 5.91 Å². The maximum atomic E-state index is 11.8. The molecule has 1 amide bonds. The van der Waals surface area contributed by atoms with Crippen molar-refractivity contribution in [3.05, 3.63) is 23.8 Å². The number of carbonyl (C=O) groups excluding carboxylic acids is 1. The lowest BCUT2D eigenvalue weighted by Crippen LogP contribution is -2.24. The van der Waals surface area contributed by atoms with Gasteiger partial charge in [0.2, 0.25) is 0 Å². The van der Waals surface area contributed by atoms with Gasteiger partial charge in [-0.2, -0.15) is 0 Å². The summed E-state index contributed by atoms with van der Waals surface area (Å²) in [6.45, 7) is 7.00. The third kappa shape index (κ3) is 5.09. The van der Waals surface area contributed by atoms with Gasteiger partial charge in [0.15, 0.2) is 0 Å². The summed E-state index contributed by atoms with van der Waals surface area (Å²) in [5, 5.41) is 15.7. The Morgan fingerprint density at radius 2 is 2.10 bits per heavy atom. The third-order valence-corrected chi connectivity index (χ3v) is 2.92. The molecule has 0 bridgehead atoms. The lowest BCUT2D eigenvalue weighted by atomic mass is 10.1. The molecule has 0 fully saturated rings. The Labute approximate surface area is 120 Å². The molecular weight excluding hydrogens is 254 g/mol. The van der Waals surface area contributed by atoms with Crippen molar-refractivity contribution in [3.8, 4) is 0 Å². The highest BCUT2D eigenvalue weighted by Gasteiger charge is 2.10. The van der Waals surface area contributed by atoms with Gasteiger partial charge in [-0.15, -0.1) is 0 Å². The first-order valence-corrected chi connectivity index (χ1v) is 7.03. The van der Waals surface area contributed by atoms with Gasteiger partial charge in [-0.3, -0.25) is 4.79 Å². The first-order chi connectivity index (χ1) is 9.43. The molecule has 5 nitrogen and oxygen atoms in total. The number of nitrogens with two attached hydrogens (primary N) is 1. The number of anilines is 2. The normalized spacial score (nSPS) is 12.2. The molecular formula is C15H25N3O2. The van der Waals surface area contributed by atoms with E-state index in [1.807, 2.05) is 6.92 Å². The highest BCUT2D eigenvalue weighted by atomic mass is 16.3. The summed E-state index contributed by atoms with van der Waals surface area (Å²) in [5.41, 5.74) is 7.67. The van der Waals surface area contributed by atoms with Crippen LogP contribution in [-0.2, 0) is 0 Å². The molecule has 5 N–H and O–H groups in total. The zero-order valence-electron chi connectivity index (χ0n) is 12.4. The highest BCUT2D eigenvalue weighted by Crippen LogP contribution is 2.20. The summed E-state index contributed by atoms with van der Waals surface area (Å²) in [5.74, 6) is 0.309. The monoisotopic (exact) mass is 279 g/mol. The number of nitrogens with one attached hydrogen (secondary N) is 2. The van der Waals surface area contributed by atoms with Crippen molar-refractivity contribution in [2.24, 2.45) is 5.92 Å². The van der Waals surface area contributed by atoms with Crippen LogP contribution in [0.1, 0.15) is 37.6 Å². The van der Waals surface area contributed by atoms with E-state index in [1.165, 1.54) is 0 Å². The first kappa shape index (κ1) is 16.3. The molecule has 5 heteroatoms. The zero-order chi connectivity index (χ0) is 15.1. The molecule has 0 saturated heterocycles. The number of aliphatic hydroxyl groups excluding tert-OH is 1. The molecule has 1 rings (SSSR count). The number of aliphatic hydroxyl groups is 1. The van der Waals surface area contributed by atoms with Crippen molar-refractivity contribution in [3.63, 3.8) is 0 Å². The van der Waals surface area contributed by atoms with Gasteiger partial charge >= 0.3 is 0 Å². The molecule has 0 aliphatic rings. The van der Waals surface area contributed by atoms with Gasteiger partial charge in [0, 0.05) is 18.7 Å². The smallest absolute Gasteiger partial charge is 0.251 e. The average Bonchev–Trinajstić information content (AvgIpc) is 2.37. The van der Waals surface area contributed by atoms with Gasteiger partial charge in [0.25, 0.3) is 5.91 Å². The molecule has 112 valence electrons. The van der Waals surface area contributed by atoms with E-state index in [0.29, 0.717) is 35.9 Å². The summed E-state index contributed by atoms with van der Waals surface area (Å²) in [6, 6.07) is 5.10. The number of hydrogen-bond donors (Lipinski definition) is 4. The van der Waals surface area contributed by atoms with Crippen LogP contribution >= 0.6 is 0 Å². The highest BCUT2D eigenvalue weighted by molar-refractivity contribution is 5.96. The Hall–Kier alpha value is -1.75. The van der Waals surface area contributed by atoms with Gasteiger partial charge in [-0.1, -0.05) is 13.8 Å². The van der Waals surface area contributed by atoms with Crippen molar-refractivity contribution in [2.75, 3.05) is 24.1 Å². The maximum Gasteiger partial charge on any atom is 0.251 e. The Morgan fingerprint density at radius 1 is 1.40 bits per heavy atom. The second-order valence-corrected chi connectivity index (χ2v) is 5.33. The fourth-order valence-corrected chi connectivity index (χ4v) is 1.97. The molecule has 0 radical (unpaired) electrons. The van der Waals surface area contributed by atoms with Crippen LogP contribution < -0.4 is 16.4 Å². The van der Waals surface area contributed by atoms with E-state index in [9.17, 15) is 9.90 Å². The number of amides is 1. The van der Waals surface area contributed by atoms with Crippen molar-refractivity contribution in [1.29, 1.82) is 0 Å². The van der Waals surface area contributed by atoms with Crippen LogP contribution in [0.5, 0.6) is 0 Å². The van der Waals surface area contributed by atoms with E-state index >= 15 is 0 Å². The number of carbonyl (C=O) groups is 1. The van der Waals surface area contributed by atoms with Gasteiger partial charge in [0.05, 0.1) is 17.5 Å². The van der Waals surface area contributed by atoms with Crippen molar-refractivity contribution in [2.45, 2.75) is 33.3 Å². The van der Waals surface area contributed by atoms with Crippen LogP contribution in [0, 0.1) is 5.92 Å². The Bertz CT molecular complexity index is 447. The molecule has 0 saturated carbocycles. The lowest BCUT2D eigenvalue weighted by Gasteiger charge is -2.16. The molecule has 1 aromatic rings. The molecule has 0 aliphatic carbocycles. The minimum absolute atomic E-state index is 0.127. The summed E-state index contributed by atoms with van der Waals surface area (Å²) in [6.07, 6.45) is 0.297. The zero-order valence-corrected chi connectivity index (χ0v) is 12.4. The van der Waals surface area contributed by atoms with Crippen LogP contribution in [0.3, 0.4) is 0 Å². The van der Waals surface area contributed by atoms with Gasteiger partial charge in [-0.25, -0.2) is 0 Å². The average molecular weight is 279 g/mol. The van der Waals surface area contributed by atoms with E-state index in [4.69, 9.17) is 5.73 Å². The van der Waals surface area contributed by atoms with Crippen LogP contribution in [0.2, 0.25) is 0 Å². The SMILES string of the molecule is CCNC(=O)c1ccc(N)c(NCC(O)CC(C)C)c1. The predicted octanol–water partition coefficient (Wildman–Crippen LogP) is 1.84. The largest absolute Gasteiger partial charge is 0.397 e. The molecule has 1 unspecified atom stereocenters. The van der Waals surface area contributed by atoms with E-state index < -0.39 is 6.10 Å². The lowest BCUT2D eigenvalue weighted by molar-refractivity contribution is 0.0956. The van der Waals surface area contributed by atoms with E-state index in [2.05, 4.69) is 24.5 Å². The predicted molar refractivity (Wildman–Crippen MR) is 82.8 cm³/mol. The Balaban J connectivity index is 2.69. The van der Waals surface area contributed by atoms with Crippen LogP contribution in [0.25, 0.3) is 0 Å². The van der Waals surface area contributed by atoms with Gasteiger partial charge < -0.3 is 21.5 Å². The molecule has 1 atom stereocenters. The number of hydrogen-bond acceptors (Lipinski definition) is 4. The van der Waals surface area contributed by atoms with Crippen molar-refractivity contribution in [1.82, 2.24) is 5.32 Å². The van der Waals surface area contributed by atoms with Gasteiger partial charge in [0.1, 0.15) is 0 Å². The molecule has 0 aromatic heterocycles. The molecule has 0 aliphatic heterocycles. The van der Waals surface area contributed by atoms with Crippen molar-refractivity contribution >= 4 is 17.3 Å². The molecule has 0 spiro atoms. The van der Waals surface area contributed by atoms with E-state index in [0.717, 1.165) is 6.42 Å². The molecule has 20 heavy (non-hydrogen) atoms. The summed E-state index contributed by atoms with van der Waals surface area (Å²) < 4.78 is 0. The number of rotatable bonds is 7. The summed E-state index contributed by atoms with van der Waals surface area (Å²) in [7, 11) is 0. The topological polar surface area (TPSA) is 87.4 Å². The quantitative estimate of drug-likeness (QED) is 0.574. The van der Waals surface area contributed by atoms with Gasteiger partial charge in [-0.05, 0) is 37.5 Å². The fraction of sp³-hybridized carbons (Fsp3) is 0.533. The summed E-state index contributed by atoms with van der Waals surface area (Å²) in [4.78, 5) is 11.8. The second-order valence-electron chi connectivity index (χ2n) is 5.33. The summed E-state index contributed by atoms with van der Waals surface area (Å²) >= 11 is 0. The van der Waals surface area contributed by atoms with Crippen LogP contribution in [0.4, 0.5) is 11.4 Å². The third-order valence-electron chi connectivity index (χ3n) is 2.92. The fourth-order valence-electron chi connectivity index (χ4n) is 1.97. The Morgan fingerprint density at radius 3 is 2.70 bits per heavy atom. The minimum Gasteiger partial charge on any atom is -0.397 e. The standard InChI is InChI=1S/C15H25N3O2/c1-4-17-15(20)11-5-6-13(16)14(8-11)18-9-12(19)7-10(2)3/h5-6,8,10,12,18-19H,4,7,9,16H2,1-3H3,(H,17,20). The maximum absolute atomic E-state index is 11.8. The van der Waals surface area contributed by atoms with E-state index in [1.54, 1.807) is 18.2 Å². The number of benzene rings is 1. The number of nitrogen functional groups attached to an aromatic ring is 1.